The van der Waals surface area contributed by atoms with Gasteiger partial charge >= 0.3 is 0 Å². The molecule has 2 aliphatic rings. The van der Waals surface area contributed by atoms with Crippen molar-refractivity contribution in [2.24, 2.45) is 17.3 Å². The van der Waals surface area contributed by atoms with Crippen molar-refractivity contribution in [2.45, 2.75) is 65.5 Å². The summed E-state index contributed by atoms with van der Waals surface area (Å²) in [5, 5.41) is 3.77. The first kappa shape index (κ1) is 17.6. The molecular formula is C18H36N2S. The third-order valence-electron chi connectivity index (χ3n) is 5.72. The molecule has 1 saturated heterocycles. The first-order valence-electron chi connectivity index (χ1n) is 8.93. The molecule has 2 nitrogen and oxygen atoms in total. The van der Waals surface area contributed by atoms with Crippen molar-refractivity contribution in [1.82, 2.24) is 10.2 Å². The van der Waals surface area contributed by atoms with Gasteiger partial charge in [-0.3, -0.25) is 0 Å². The Morgan fingerprint density at radius 3 is 2.52 bits per heavy atom. The highest BCUT2D eigenvalue weighted by atomic mass is 32.2. The number of nitrogens with zero attached hydrogens (tertiary/aromatic N) is 1. The van der Waals surface area contributed by atoms with E-state index < -0.39 is 0 Å². The number of thioether (sulfide) groups is 1. The van der Waals surface area contributed by atoms with Crippen LogP contribution in [0.1, 0.15) is 53.4 Å². The van der Waals surface area contributed by atoms with Crippen LogP contribution >= 0.6 is 11.8 Å². The van der Waals surface area contributed by atoms with E-state index in [-0.39, 0.29) is 0 Å². The molecule has 21 heavy (non-hydrogen) atoms. The maximum absolute atomic E-state index is 3.77. The van der Waals surface area contributed by atoms with Crippen LogP contribution in [0.3, 0.4) is 0 Å². The van der Waals surface area contributed by atoms with Crippen molar-refractivity contribution in [1.29, 1.82) is 0 Å². The second-order valence-electron chi connectivity index (χ2n) is 8.26. The largest absolute Gasteiger partial charge is 0.314 e. The van der Waals surface area contributed by atoms with Crippen LogP contribution in [-0.2, 0) is 0 Å². The predicted molar refractivity (Wildman–Crippen MR) is 96.1 cm³/mol. The summed E-state index contributed by atoms with van der Waals surface area (Å²) in [7, 11) is 2.36. The minimum Gasteiger partial charge on any atom is -0.314 e. The summed E-state index contributed by atoms with van der Waals surface area (Å²) in [6, 6.07) is 1.57. The Kier molecular flexibility index (Phi) is 6.46. The molecule has 1 aliphatic carbocycles. The molecule has 4 unspecified atom stereocenters. The maximum atomic E-state index is 3.77. The van der Waals surface area contributed by atoms with Crippen LogP contribution in [0.5, 0.6) is 0 Å². The molecule has 4 atom stereocenters. The minimum atomic E-state index is 0.469. The molecule has 1 heterocycles. The molecule has 124 valence electrons. The van der Waals surface area contributed by atoms with Crippen molar-refractivity contribution in [3.63, 3.8) is 0 Å². The van der Waals surface area contributed by atoms with Crippen LogP contribution in [0.4, 0.5) is 0 Å². The van der Waals surface area contributed by atoms with Crippen molar-refractivity contribution in [2.75, 3.05) is 31.6 Å². The lowest BCUT2D eigenvalue weighted by Crippen LogP contribution is -2.48. The molecule has 0 aromatic carbocycles. The zero-order chi connectivity index (χ0) is 15.5. The topological polar surface area (TPSA) is 15.3 Å². The molecule has 2 fully saturated rings. The smallest absolute Gasteiger partial charge is 0.0191 e. The number of rotatable bonds is 5. The summed E-state index contributed by atoms with van der Waals surface area (Å²) in [5.74, 6) is 4.43. The van der Waals surface area contributed by atoms with E-state index >= 15 is 0 Å². The van der Waals surface area contributed by atoms with Crippen LogP contribution in [0.2, 0.25) is 0 Å². The van der Waals surface area contributed by atoms with E-state index in [0.29, 0.717) is 5.41 Å². The monoisotopic (exact) mass is 312 g/mol. The quantitative estimate of drug-likeness (QED) is 0.830. The Bertz CT molecular complexity index is 307. The molecule has 2 rings (SSSR count). The van der Waals surface area contributed by atoms with Gasteiger partial charge in [0.15, 0.2) is 0 Å². The molecule has 0 amide bonds. The Morgan fingerprint density at radius 1 is 1.19 bits per heavy atom. The van der Waals surface area contributed by atoms with Gasteiger partial charge in [0.25, 0.3) is 0 Å². The Hall–Kier alpha value is 0.270. The van der Waals surface area contributed by atoms with Gasteiger partial charge in [0.1, 0.15) is 0 Å². The van der Waals surface area contributed by atoms with E-state index in [1.54, 1.807) is 0 Å². The zero-order valence-corrected chi connectivity index (χ0v) is 15.6. The van der Waals surface area contributed by atoms with E-state index in [4.69, 9.17) is 0 Å². The van der Waals surface area contributed by atoms with Gasteiger partial charge in [-0.05, 0) is 62.3 Å². The van der Waals surface area contributed by atoms with Crippen molar-refractivity contribution < 1.29 is 0 Å². The van der Waals surface area contributed by atoms with Crippen molar-refractivity contribution >= 4 is 11.8 Å². The SMILES string of the molecule is CCNC1CCC(C(C)(C)C)CC1CN(C)C1CCSC1. The standard InChI is InChI=1S/C18H36N2S/c1-6-19-17-8-7-15(18(2,3)4)11-14(17)12-20(5)16-9-10-21-13-16/h14-17,19H,6-13H2,1-5H3. The lowest BCUT2D eigenvalue weighted by atomic mass is 9.67. The van der Waals surface area contributed by atoms with Gasteiger partial charge in [-0.15, -0.1) is 0 Å². The van der Waals surface area contributed by atoms with Crippen LogP contribution in [0, 0.1) is 17.3 Å². The van der Waals surface area contributed by atoms with Crippen molar-refractivity contribution in [3.8, 4) is 0 Å². The highest BCUT2D eigenvalue weighted by Gasteiger charge is 2.36. The third kappa shape index (κ3) is 4.87. The van der Waals surface area contributed by atoms with Crippen LogP contribution in [0.25, 0.3) is 0 Å². The molecule has 0 bridgehead atoms. The fraction of sp³-hybridized carbons (Fsp3) is 1.00. The van der Waals surface area contributed by atoms with Gasteiger partial charge in [-0.2, -0.15) is 11.8 Å². The highest BCUT2D eigenvalue weighted by molar-refractivity contribution is 7.99. The van der Waals surface area contributed by atoms with Gasteiger partial charge in [0.2, 0.25) is 0 Å². The lowest BCUT2D eigenvalue weighted by Gasteiger charge is -2.44. The normalized spacial score (nSPS) is 34.6. The maximum Gasteiger partial charge on any atom is 0.0191 e. The van der Waals surface area contributed by atoms with Crippen LogP contribution in [0.15, 0.2) is 0 Å². The summed E-state index contributed by atoms with van der Waals surface area (Å²) >= 11 is 2.13. The van der Waals surface area contributed by atoms with E-state index in [1.165, 1.54) is 43.7 Å². The zero-order valence-electron chi connectivity index (χ0n) is 14.8. The van der Waals surface area contributed by atoms with Crippen LogP contribution < -0.4 is 5.32 Å². The molecule has 0 aromatic heterocycles. The predicted octanol–water partition coefficient (Wildman–Crippen LogP) is 3.86. The number of nitrogens with one attached hydrogen (secondary N) is 1. The summed E-state index contributed by atoms with van der Waals surface area (Å²) < 4.78 is 0. The summed E-state index contributed by atoms with van der Waals surface area (Å²) in [6.07, 6.45) is 5.57. The third-order valence-corrected chi connectivity index (χ3v) is 6.87. The molecule has 1 aliphatic heterocycles. The summed E-state index contributed by atoms with van der Waals surface area (Å²) in [4.78, 5) is 2.67. The number of hydrogen-bond donors (Lipinski definition) is 1. The van der Waals surface area contributed by atoms with Crippen LogP contribution in [-0.4, -0.2) is 48.6 Å². The first-order chi connectivity index (χ1) is 9.91. The average Bonchev–Trinajstić information content (AvgIpc) is 2.93. The Labute approximate surface area is 136 Å². The molecule has 0 spiro atoms. The molecule has 3 heteroatoms. The van der Waals surface area contributed by atoms with E-state index in [1.807, 2.05) is 0 Å². The van der Waals surface area contributed by atoms with Gasteiger partial charge < -0.3 is 10.2 Å². The second kappa shape index (κ2) is 7.70. The first-order valence-corrected chi connectivity index (χ1v) is 10.1. The lowest BCUT2D eigenvalue weighted by molar-refractivity contribution is 0.0861. The summed E-state index contributed by atoms with van der Waals surface area (Å²) in [6.45, 7) is 11.9. The van der Waals surface area contributed by atoms with E-state index in [9.17, 15) is 0 Å². The summed E-state index contributed by atoms with van der Waals surface area (Å²) in [5.41, 5.74) is 0.469. The molecule has 0 aromatic rings. The van der Waals surface area contributed by atoms with Gasteiger partial charge in [-0.25, -0.2) is 0 Å². The molecule has 1 saturated carbocycles. The van der Waals surface area contributed by atoms with Gasteiger partial charge in [0.05, 0.1) is 0 Å². The molecular weight excluding hydrogens is 276 g/mol. The molecule has 1 N–H and O–H groups in total. The average molecular weight is 313 g/mol. The Morgan fingerprint density at radius 2 is 1.95 bits per heavy atom. The minimum absolute atomic E-state index is 0.469. The number of hydrogen-bond acceptors (Lipinski definition) is 3. The molecule has 0 radical (unpaired) electrons. The van der Waals surface area contributed by atoms with Gasteiger partial charge in [-0.1, -0.05) is 27.7 Å². The second-order valence-corrected chi connectivity index (χ2v) is 9.41. The fourth-order valence-electron chi connectivity index (χ4n) is 4.17. The fourth-order valence-corrected chi connectivity index (χ4v) is 5.47. The van der Waals surface area contributed by atoms with E-state index in [2.05, 4.69) is 56.7 Å². The van der Waals surface area contributed by atoms with Crippen molar-refractivity contribution in [3.05, 3.63) is 0 Å². The highest BCUT2D eigenvalue weighted by Crippen LogP contribution is 2.40. The van der Waals surface area contributed by atoms with Gasteiger partial charge in [0, 0.05) is 24.4 Å². The Balaban J connectivity index is 1.96. The van der Waals surface area contributed by atoms with E-state index in [0.717, 1.165) is 30.5 Å².